The van der Waals surface area contributed by atoms with Crippen molar-refractivity contribution in [3.8, 4) is 0 Å². The molecule has 19 heavy (non-hydrogen) atoms. The fraction of sp³-hybridized carbons (Fsp3) is 0.667. The molecule has 1 aromatic heterocycles. The van der Waals surface area contributed by atoms with Crippen LogP contribution in [-0.4, -0.2) is 28.5 Å². The van der Waals surface area contributed by atoms with Crippen LogP contribution in [0.15, 0.2) is 16.7 Å². The van der Waals surface area contributed by atoms with Gasteiger partial charge in [0.1, 0.15) is 5.69 Å². The Kier molecular flexibility index (Phi) is 3.46. The highest BCUT2D eigenvalue weighted by atomic mass is 79.9. The molecule has 1 amide bonds. The zero-order valence-corrected chi connectivity index (χ0v) is 13.2. The van der Waals surface area contributed by atoms with Gasteiger partial charge in [0, 0.05) is 29.8 Å². The topological polar surface area (TPSA) is 25.2 Å². The van der Waals surface area contributed by atoms with Crippen LogP contribution in [0.25, 0.3) is 0 Å². The molecule has 2 fully saturated rings. The van der Waals surface area contributed by atoms with E-state index >= 15 is 0 Å². The van der Waals surface area contributed by atoms with Crippen LogP contribution in [0.3, 0.4) is 0 Å². The highest BCUT2D eigenvalue weighted by Crippen LogP contribution is 2.38. The molecule has 2 heterocycles. The van der Waals surface area contributed by atoms with Crippen LogP contribution in [-0.2, 0) is 0 Å². The third-order valence-electron chi connectivity index (χ3n) is 4.13. The number of carbonyl (C=O) groups excluding carboxylic acids is 1. The molecular weight excluding hydrogens is 304 g/mol. The largest absolute Gasteiger partial charge is 0.339 e. The van der Waals surface area contributed by atoms with E-state index in [2.05, 4.69) is 40.5 Å². The van der Waals surface area contributed by atoms with Gasteiger partial charge in [-0.3, -0.25) is 4.79 Å². The van der Waals surface area contributed by atoms with Crippen molar-refractivity contribution in [3.63, 3.8) is 0 Å². The van der Waals surface area contributed by atoms with E-state index in [1.165, 1.54) is 19.3 Å². The van der Waals surface area contributed by atoms with Gasteiger partial charge in [-0.05, 0) is 53.1 Å². The minimum atomic E-state index is 0.205. The molecule has 104 valence electrons. The second-order valence-corrected chi connectivity index (χ2v) is 7.25. The van der Waals surface area contributed by atoms with Crippen LogP contribution in [0, 0.1) is 11.8 Å². The maximum absolute atomic E-state index is 12.7. The summed E-state index contributed by atoms with van der Waals surface area (Å²) in [5, 5.41) is 0. The van der Waals surface area contributed by atoms with E-state index in [0.29, 0.717) is 17.9 Å². The van der Waals surface area contributed by atoms with E-state index in [-0.39, 0.29) is 5.91 Å². The highest BCUT2D eigenvalue weighted by molar-refractivity contribution is 9.10. The normalized spacial score (nSPS) is 27.6. The van der Waals surface area contributed by atoms with Gasteiger partial charge in [-0.1, -0.05) is 13.8 Å². The van der Waals surface area contributed by atoms with E-state index in [4.69, 9.17) is 0 Å². The second-order valence-electron chi connectivity index (χ2n) is 6.34. The lowest BCUT2D eigenvalue weighted by Crippen LogP contribution is -2.43. The molecule has 2 aliphatic rings. The molecule has 3 rings (SSSR count). The molecule has 1 saturated heterocycles. The number of carbonyl (C=O) groups is 1. The van der Waals surface area contributed by atoms with Crippen LogP contribution in [0.1, 0.15) is 49.6 Å². The molecule has 1 aliphatic heterocycles. The van der Waals surface area contributed by atoms with Crippen molar-refractivity contribution in [2.24, 2.45) is 11.8 Å². The summed E-state index contributed by atoms with van der Waals surface area (Å²) in [6.45, 7) is 6.28. The molecule has 1 aromatic rings. The quantitative estimate of drug-likeness (QED) is 0.814. The van der Waals surface area contributed by atoms with Gasteiger partial charge in [-0.25, -0.2) is 0 Å². The summed E-state index contributed by atoms with van der Waals surface area (Å²) in [6, 6.07) is 2.52. The summed E-state index contributed by atoms with van der Waals surface area (Å²) in [7, 11) is 0. The number of likely N-dealkylation sites (tertiary alicyclic amines) is 1. The SMILES string of the molecule is CC1CC(C)CN(C(=O)c2cc(Br)cn2C2CC2)C1. The number of nitrogens with zero attached hydrogens (tertiary/aromatic N) is 2. The number of hydrogen-bond donors (Lipinski definition) is 0. The standard InChI is InChI=1S/C15H21BrN2O/c1-10-5-11(2)8-17(7-10)15(19)14-6-12(16)9-18(14)13-3-4-13/h6,9-11,13H,3-5,7-8H2,1-2H3. The van der Waals surface area contributed by atoms with Gasteiger partial charge in [0.25, 0.3) is 5.91 Å². The van der Waals surface area contributed by atoms with Gasteiger partial charge >= 0.3 is 0 Å². The maximum atomic E-state index is 12.7. The molecule has 0 N–H and O–H groups in total. The first-order chi connectivity index (χ1) is 9.04. The van der Waals surface area contributed by atoms with Gasteiger partial charge in [-0.15, -0.1) is 0 Å². The molecule has 0 spiro atoms. The summed E-state index contributed by atoms with van der Waals surface area (Å²) >= 11 is 3.50. The van der Waals surface area contributed by atoms with Crippen LogP contribution >= 0.6 is 15.9 Å². The van der Waals surface area contributed by atoms with Crippen molar-refractivity contribution in [1.29, 1.82) is 0 Å². The van der Waals surface area contributed by atoms with E-state index in [9.17, 15) is 4.79 Å². The van der Waals surface area contributed by atoms with Gasteiger partial charge < -0.3 is 9.47 Å². The first-order valence-electron chi connectivity index (χ1n) is 7.21. The molecule has 3 nitrogen and oxygen atoms in total. The predicted molar refractivity (Wildman–Crippen MR) is 79.3 cm³/mol. The average Bonchev–Trinajstić information content (AvgIpc) is 3.10. The molecule has 0 radical (unpaired) electrons. The van der Waals surface area contributed by atoms with Gasteiger partial charge in [0.15, 0.2) is 0 Å². The minimum absolute atomic E-state index is 0.205. The van der Waals surface area contributed by atoms with Crippen molar-refractivity contribution >= 4 is 21.8 Å². The Hall–Kier alpha value is -0.770. The fourth-order valence-corrected chi connectivity index (χ4v) is 3.70. The number of hydrogen-bond acceptors (Lipinski definition) is 1. The zero-order chi connectivity index (χ0) is 13.6. The summed E-state index contributed by atoms with van der Waals surface area (Å²) in [6.07, 6.45) is 5.70. The summed E-state index contributed by atoms with van der Waals surface area (Å²) < 4.78 is 3.18. The van der Waals surface area contributed by atoms with Crippen LogP contribution in [0.5, 0.6) is 0 Å². The van der Waals surface area contributed by atoms with Crippen molar-refractivity contribution in [1.82, 2.24) is 9.47 Å². The Labute approximate surface area is 123 Å². The van der Waals surface area contributed by atoms with Gasteiger partial charge in [0.2, 0.25) is 0 Å². The van der Waals surface area contributed by atoms with Gasteiger partial charge in [0.05, 0.1) is 0 Å². The van der Waals surface area contributed by atoms with Crippen molar-refractivity contribution < 1.29 is 4.79 Å². The molecule has 1 saturated carbocycles. The number of aromatic nitrogens is 1. The fourth-order valence-electron chi connectivity index (χ4n) is 3.26. The summed E-state index contributed by atoms with van der Waals surface area (Å²) in [5.74, 6) is 1.43. The first kappa shape index (κ1) is 13.2. The van der Waals surface area contributed by atoms with E-state index in [0.717, 1.165) is 23.3 Å². The first-order valence-corrected chi connectivity index (χ1v) is 8.00. The Morgan fingerprint density at radius 3 is 2.47 bits per heavy atom. The average molecular weight is 325 g/mol. The number of amides is 1. The maximum Gasteiger partial charge on any atom is 0.270 e. The smallest absolute Gasteiger partial charge is 0.270 e. The zero-order valence-electron chi connectivity index (χ0n) is 11.6. The Bertz CT molecular complexity index is 482. The lowest BCUT2D eigenvalue weighted by molar-refractivity contribution is 0.0612. The molecule has 2 unspecified atom stereocenters. The van der Waals surface area contributed by atoms with E-state index in [1.54, 1.807) is 0 Å². The number of halogens is 1. The molecule has 2 atom stereocenters. The minimum Gasteiger partial charge on any atom is -0.339 e. The predicted octanol–water partition coefficient (Wildman–Crippen LogP) is 3.70. The van der Waals surface area contributed by atoms with Crippen LogP contribution in [0.4, 0.5) is 0 Å². The van der Waals surface area contributed by atoms with Crippen molar-refractivity contribution in [2.75, 3.05) is 13.1 Å². The molecule has 1 aliphatic carbocycles. The second kappa shape index (κ2) is 4.97. The lowest BCUT2D eigenvalue weighted by atomic mass is 9.92. The third-order valence-corrected chi connectivity index (χ3v) is 4.56. The number of piperidine rings is 1. The summed E-state index contributed by atoms with van der Waals surface area (Å²) in [4.78, 5) is 14.8. The third kappa shape index (κ3) is 2.73. The van der Waals surface area contributed by atoms with Gasteiger partial charge in [-0.2, -0.15) is 0 Å². The summed E-state index contributed by atoms with van der Waals surface area (Å²) in [5.41, 5.74) is 0.857. The molecule has 0 aromatic carbocycles. The number of rotatable bonds is 2. The Morgan fingerprint density at radius 1 is 1.26 bits per heavy atom. The van der Waals surface area contributed by atoms with Crippen LogP contribution in [0.2, 0.25) is 0 Å². The Balaban J connectivity index is 1.83. The Morgan fingerprint density at radius 2 is 1.89 bits per heavy atom. The molecule has 0 bridgehead atoms. The highest BCUT2D eigenvalue weighted by Gasteiger charge is 2.32. The molecular formula is C15H21BrN2O. The van der Waals surface area contributed by atoms with E-state index < -0.39 is 0 Å². The van der Waals surface area contributed by atoms with E-state index in [1.807, 2.05) is 11.0 Å². The van der Waals surface area contributed by atoms with Crippen molar-refractivity contribution in [3.05, 3.63) is 22.4 Å². The van der Waals surface area contributed by atoms with Crippen molar-refractivity contribution in [2.45, 2.75) is 39.2 Å². The lowest BCUT2D eigenvalue weighted by Gasteiger charge is -2.35. The van der Waals surface area contributed by atoms with Crippen LogP contribution < -0.4 is 0 Å². The monoisotopic (exact) mass is 324 g/mol. The molecule has 4 heteroatoms.